The number of benzene rings is 2. The lowest BCUT2D eigenvalue weighted by Crippen LogP contribution is -2.37. The molecule has 0 bridgehead atoms. The van der Waals surface area contributed by atoms with E-state index in [4.69, 9.17) is 0 Å². The summed E-state index contributed by atoms with van der Waals surface area (Å²) in [6.45, 7) is 3.89. The number of hydrogen-bond donors (Lipinski definition) is 2. The topological polar surface area (TPSA) is 61.4 Å². The van der Waals surface area contributed by atoms with Crippen molar-refractivity contribution in [3.8, 4) is 0 Å². The van der Waals surface area contributed by atoms with Crippen LogP contribution in [0.2, 0.25) is 0 Å². The Labute approximate surface area is 158 Å². The van der Waals surface area contributed by atoms with Gasteiger partial charge in [0.2, 0.25) is 11.8 Å². The van der Waals surface area contributed by atoms with E-state index >= 15 is 0 Å². The van der Waals surface area contributed by atoms with Crippen molar-refractivity contribution in [2.24, 2.45) is 5.92 Å². The summed E-state index contributed by atoms with van der Waals surface area (Å²) in [6.07, 6.45) is 1.58. The van der Waals surface area contributed by atoms with E-state index in [1.807, 2.05) is 6.07 Å². The summed E-state index contributed by atoms with van der Waals surface area (Å²) in [5, 5.41) is 5.66. The molecular formula is C21H24FN3O2. The van der Waals surface area contributed by atoms with Gasteiger partial charge in [0.15, 0.2) is 0 Å². The number of piperidine rings is 1. The van der Waals surface area contributed by atoms with Crippen molar-refractivity contribution in [1.82, 2.24) is 4.90 Å². The Balaban J connectivity index is 1.49. The average molecular weight is 369 g/mol. The van der Waals surface area contributed by atoms with Crippen LogP contribution in [-0.2, 0) is 16.1 Å². The van der Waals surface area contributed by atoms with E-state index in [1.165, 1.54) is 19.1 Å². The highest BCUT2D eigenvalue weighted by Gasteiger charge is 2.25. The molecule has 1 heterocycles. The molecule has 0 radical (unpaired) electrons. The summed E-state index contributed by atoms with van der Waals surface area (Å²) in [6, 6.07) is 13.7. The third kappa shape index (κ3) is 5.62. The molecule has 2 N–H and O–H groups in total. The van der Waals surface area contributed by atoms with Gasteiger partial charge in [-0.25, -0.2) is 4.39 Å². The van der Waals surface area contributed by atoms with Crippen molar-refractivity contribution in [2.75, 3.05) is 23.7 Å². The van der Waals surface area contributed by atoms with Crippen LogP contribution in [0.15, 0.2) is 48.5 Å². The molecule has 142 valence electrons. The third-order valence-electron chi connectivity index (χ3n) is 4.73. The Kier molecular flexibility index (Phi) is 6.19. The SMILES string of the molecule is CC(=O)Nc1cccc(NC(=O)C2CCN(Cc3ccc(F)cc3)CC2)c1. The molecule has 6 heteroatoms. The van der Waals surface area contributed by atoms with E-state index in [2.05, 4.69) is 15.5 Å². The molecular weight excluding hydrogens is 345 g/mol. The zero-order chi connectivity index (χ0) is 19.2. The molecule has 1 fully saturated rings. The predicted molar refractivity (Wildman–Crippen MR) is 104 cm³/mol. The Bertz CT molecular complexity index is 799. The predicted octanol–water partition coefficient (Wildman–Crippen LogP) is 3.63. The van der Waals surface area contributed by atoms with Crippen molar-refractivity contribution in [1.29, 1.82) is 0 Å². The first kappa shape index (κ1) is 19.0. The van der Waals surface area contributed by atoms with Crippen molar-refractivity contribution >= 4 is 23.2 Å². The first-order valence-corrected chi connectivity index (χ1v) is 9.15. The summed E-state index contributed by atoms with van der Waals surface area (Å²) >= 11 is 0. The molecule has 3 rings (SSSR count). The normalized spacial score (nSPS) is 15.3. The quantitative estimate of drug-likeness (QED) is 0.846. The molecule has 0 spiro atoms. The van der Waals surface area contributed by atoms with Gasteiger partial charge >= 0.3 is 0 Å². The van der Waals surface area contributed by atoms with Crippen LogP contribution in [0, 0.1) is 11.7 Å². The van der Waals surface area contributed by atoms with Gasteiger partial charge in [-0.3, -0.25) is 14.5 Å². The van der Waals surface area contributed by atoms with E-state index < -0.39 is 0 Å². The second-order valence-electron chi connectivity index (χ2n) is 6.93. The standard InChI is InChI=1S/C21H24FN3O2/c1-15(26)23-19-3-2-4-20(13-19)24-21(27)17-9-11-25(12-10-17)14-16-5-7-18(22)8-6-16/h2-8,13,17H,9-12,14H2,1H3,(H,23,26)(H,24,27). The minimum absolute atomic E-state index is 0.0106. The fraction of sp³-hybridized carbons (Fsp3) is 0.333. The van der Waals surface area contributed by atoms with Crippen molar-refractivity contribution in [3.63, 3.8) is 0 Å². The van der Waals surface area contributed by atoms with Gasteiger partial charge in [-0.2, -0.15) is 0 Å². The van der Waals surface area contributed by atoms with Gasteiger partial charge in [-0.1, -0.05) is 18.2 Å². The Morgan fingerprint density at radius 3 is 2.30 bits per heavy atom. The molecule has 0 saturated carbocycles. The number of likely N-dealkylation sites (tertiary alicyclic amines) is 1. The van der Waals surface area contributed by atoms with Gasteiger partial charge in [0.1, 0.15) is 5.82 Å². The lowest BCUT2D eigenvalue weighted by molar-refractivity contribution is -0.121. The molecule has 1 aliphatic rings. The maximum atomic E-state index is 13.0. The highest BCUT2D eigenvalue weighted by molar-refractivity contribution is 5.94. The summed E-state index contributed by atoms with van der Waals surface area (Å²) in [5.74, 6) is -0.390. The molecule has 2 aromatic carbocycles. The average Bonchev–Trinajstić information content (AvgIpc) is 2.64. The minimum atomic E-state index is -0.225. The number of carbonyl (C=O) groups excluding carboxylic acids is 2. The van der Waals surface area contributed by atoms with E-state index in [9.17, 15) is 14.0 Å². The molecule has 27 heavy (non-hydrogen) atoms. The van der Waals surface area contributed by atoms with E-state index in [1.54, 1.807) is 30.3 Å². The fourth-order valence-electron chi connectivity index (χ4n) is 3.32. The summed E-state index contributed by atoms with van der Waals surface area (Å²) in [5.41, 5.74) is 2.42. The molecule has 2 amide bonds. The molecule has 5 nitrogen and oxygen atoms in total. The van der Waals surface area contributed by atoms with Gasteiger partial charge in [-0.15, -0.1) is 0 Å². The fourth-order valence-corrected chi connectivity index (χ4v) is 3.32. The number of amides is 2. The van der Waals surface area contributed by atoms with Crippen molar-refractivity contribution < 1.29 is 14.0 Å². The highest BCUT2D eigenvalue weighted by Crippen LogP contribution is 2.22. The number of nitrogens with one attached hydrogen (secondary N) is 2. The van der Waals surface area contributed by atoms with Crippen LogP contribution in [0.5, 0.6) is 0 Å². The molecule has 0 aliphatic carbocycles. The molecule has 1 aliphatic heterocycles. The monoisotopic (exact) mass is 369 g/mol. The van der Waals surface area contributed by atoms with Crippen LogP contribution in [0.3, 0.4) is 0 Å². The third-order valence-corrected chi connectivity index (χ3v) is 4.73. The van der Waals surface area contributed by atoms with Crippen LogP contribution in [-0.4, -0.2) is 29.8 Å². The molecule has 2 aromatic rings. The minimum Gasteiger partial charge on any atom is -0.326 e. The van der Waals surface area contributed by atoms with E-state index in [-0.39, 0.29) is 23.5 Å². The number of nitrogens with zero attached hydrogens (tertiary/aromatic N) is 1. The molecule has 0 aromatic heterocycles. The van der Waals surface area contributed by atoms with Crippen LogP contribution >= 0.6 is 0 Å². The van der Waals surface area contributed by atoms with Gasteiger partial charge in [-0.05, 0) is 61.8 Å². The Morgan fingerprint density at radius 1 is 1.04 bits per heavy atom. The number of carbonyl (C=O) groups is 2. The summed E-state index contributed by atoms with van der Waals surface area (Å²) in [4.78, 5) is 26.0. The van der Waals surface area contributed by atoms with E-state index in [0.29, 0.717) is 11.4 Å². The van der Waals surface area contributed by atoms with Crippen LogP contribution in [0.25, 0.3) is 0 Å². The molecule has 1 saturated heterocycles. The summed E-state index contributed by atoms with van der Waals surface area (Å²) < 4.78 is 13.0. The number of hydrogen-bond acceptors (Lipinski definition) is 3. The first-order chi connectivity index (χ1) is 13.0. The van der Waals surface area contributed by atoms with Crippen LogP contribution < -0.4 is 10.6 Å². The zero-order valence-electron chi connectivity index (χ0n) is 15.4. The Hall–Kier alpha value is -2.73. The van der Waals surface area contributed by atoms with Gasteiger partial charge in [0.25, 0.3) is 0 Å². The first-order valence-electron chi connectivity index (χ1n) is 9.15. The van der Waals surface area contributed by atoms with Gasteiger partial charge in [0.05, 0.1) is 0 Å². The van der Waals surface area contributed by atoms with Crippen molar-refractivity contribution in [2.45, 2.75) is 26.3 Å². The smallest absolute Gasteiger partial charge is 0.227 e. The lowest BCUT2D eigenvalue weighted by Gasteiger charge is -2.31. The highest BCUT2D eigenvalue weighted by atomic mass is 19.1. The molecule has 0 unspecified atom stereocenters. The zero-order valence-corrected chi connectivity index (χ0v) is 15.4. The number of anilines is 2. The van der Waals surface area contributed by atoms with Gasteiger partial charge < -0.3 is 10.6 Å². The van der Waals surface area contributed by atoms with E-state index in [0.717, 1.165) is 38.0 Å². The lowest BCUT2D eigenvalue weighted by atomic mass is 9.95. The van der Waals surface area contributed by atoms with Crippen molar-refractivity contribution in [3.05, 3.63) is 59.9 Å². The number of halogens is 1. The Morgan fingerprint density at radius 2 is 1.67 bits per heavy atom. The number of rotatable bonds is 5. The molecule has 0 atom stereocenters. The summed E-state index contributed by atoms with van der Waals surface area (Å²) in [7, 11) is 0. The van der Waals surface area contributed by atoms with Crippen LogP contribution in [0.4, 0.5) is 15.8 Å². The van der Waals surface area contributed by atoms with Gasteiger partial charge in [0, 0.05) is 30.8 Å². The maximum absolute atomic E-state index is 13.0. The van der Waals surface area contributed by atoms with Crippen LogP contribution in [0.1, 0.15) is 25.3 Å². The largest absolute Gasteiger partial charge is 0.326 e. The second-order valence-corrected chi connectivity index (χ2v) is 6.93. The maximum Gasteiger partial charge on any atom is 0.227 e. The second kappa shape index (κ2) is 8.77.